The van der Waals surface area contributed by atoms with Crippen LogP contribution in [0.3, 0.4) is 0 Å². The summed E-state index contributed by atoms with van der Waals surface area (Å²) in [4.78, 5) is 11.7. The van der Waals surface area contributed by atoms with Crippen LogP contribution in [0.5, 0.6) is 0 Å². The molecular formula is C23H37ClO2. The molecule has 26 heavy (non-hydrogen) atoms. The molecular weight excluding hydrogens is 344 g/mol. The van der Waals surface area contributed by atoms with Gasteiger partial charge in [-0.15, -0.1) is 11.6 Å². The molecule has 1 aromatic carbocycles. The zero-order valence-corrected chi connectivity index (χ0v) is 17.2. The number of carbonyl (C=O) groups excluding carboxylic acids is 1. The first-order chi connectivity index (χ1) is 12.7. The van der Waals surface area contributed by atoms with Gasteiger partial charge in [-0.25, -0.2) is 0 Å². The van der Waals surface area contributed by atoms with Gasteiger partial charge in [0.2, 0.25) is 0 Å². The molecule has 0 aliphatic carbocycles. The summed E-state index contributed by atoms with van der Waals surface area (Å²) in [6.07, 6.45) is 14.4. The van der Waals surface area contributed by atoms with Crippen LogP contribution in [0.1, 0.15) is 94.9 Å². The van der Waals surface area contributed by atoms with E-state index in [0.717, 1.165) is 18.4 Å². The van der Waals surface area contributed by atoms with Crippen molar-refractivity contribution in [2.24, 2.45) is 5.92 Å². The van der Waals surface area contributed by atoms with Crippen LogP contribution in [0.2, 0.25) is 0 Å². The van der Waals surface area contributed by atoms with Crippen LogP contribution in [-0.2, 0) is 4.79 Å². The van der Waals surface area contributed by atoms with E-state index in [1.807, 2.05) is 30.3 Å². The second-order valence-corrected chi connectivity index (χ2v) is 7.91. The Morgan fingerprint density at radius 2 is 1.46 bits per heavy atom. The molecule has 1 rings (SSSR count). The Morgan fingerprint density at radius 1 is 0.923 bits per heavy atom. The Morgan fingerprint density at radius 3 is 2.00 bits per heavy atom. The molecule has 3 heteroatoms. The van der Waals surface area contributed by atoms with Crippen molar-refractivity contribution in [1.82, 2.24) is 0 Å². The molecule has 0 fully saturated rings. The molecule has 0 saturated heterocycles. The zero-order valence-electron chi connectivity index (χ0n) is 16.5. The maximum atomic E-state index is 11.7. The Bertz CT molecular complexity index is 461. The summed E-state index contributed by atoms with van der Waals surface area (Å²) in [6, 6.07) is 9.98. The summed E-state index contributed by atoms with van der Waals surface area (Å²) < 4.78 is 0. The third kappa shape index (κ3) is 10.3. The van der Waals surface area contributed by atoms with Crippen molar-refractivity contribution in [3.8, 4) is 0 Å². The number of hydrogen-bond acceptors (Lipinski definition) is 2. The predicted octanol–water partition coefficient (Wildman–Crippen LogP) is 6.85. The first-order valence-electron chi connectivity index (χ1n) is 10.5. The SMILES string of the molecule is CCCCCCCCCCCCC(CC(=O)CO)C(Cl)c1ccccc1. The molecule has 0 aliphatic rings. The van der Waals surface area contributed by atoms with Gasteiger partial charge in [0, 0.05) is 6.42 Å². The fourth-order valence-electron chi connectivity index (χ4n) is 3.51. The molecule has 0 aromatic heterocycles. The minimum Gasteiger partial charge on any atom is -0.389 e. The maximum absolute atomic E-state index is 11.7. The van der Waals surface area contributed by atoms with Crippen molar-refractivity contribution >= 4 is 17.4 Å². The van der Waals surface area contributed by atoms with Gasteiger partial charge in [-0.3, -0.25) is 4.79 Å². The average Bonchev–Trinajstić information content (AvgIpc) is 2.68. The summed E-state index contributed by atoms with van der Waals surface area (Å²) in [5, 5.41) is 8.93. The van der Waals surface area contributed by atoms with Crippen LogP contribution in [0.15, 0.2) is 30.3 Å². The van der Waals surface area contributed by atoms with E-state index in [-0.39, 0.29) is 23.7 Å². The van der Waals surface area contributed by atoms with E-state index in [9.17, 15) is 4.79 Å². The van der Waals surface area contributed by atoms with E-state index in [1.54, 1.807) is 0 Å². The highest BCUT2D eigenvalue weighted by Crippen LogP contribution is 2.35. The molecule has 2 atom stereocenters. The normalized spacial score (nSPS) is 13.5. The maximum Gasteiger partial charge on any atom is 0.158 e. The lowest BCUT2D eigenvalue weighted by Crippen LogP contribution is -2.16. The van der Waals surface area contributed by atoms with Crippen molar-refractivity contribution in [2.45, 2.75) is 89.4 Å². The number of unbranched alkanes of at least 4 members (excludes halogenated alkanes) is 9. The van der Waals surface area contributed by atoms with Crippen LogP contribution in [0.4, 0.5) is 0 Å². The van der Waals surface area contributed by atoms with E-state index in [4.69, 9.17) is 16.7 Å². The first-order valence-corrected chi connectivity index (χ1v) is 10.9. The Hall–Kier alpha value is -0.860. The van der Waals surface area contributed by atoms with Gasteiger partial charge >= 0.3 is 0 Å². The predicted molar refractivity (Wildman–Crippen MR) is 112 cm³/mol. The number of alkyl halides is 1. The number of carbonyl (C=O) groups is 1. The van der Waals surface area contributed by atoms with E-state index in [1.165, 1.54) is 57.8 Å². The molecule has 0 heterocycles. The number of aliphatic hydroxyl groups is 1. The van der Waals surface area contributed by atoms with Crippen LogP contribution in [0.25, 0.3) is 0 Å². The monoisotopic (exact) mass is 380 g/mol. The molecule has 1 N–H and O–H groups in total. The minimum atomic E-state index is -0.382. The Balaban J connectivity index is 2.27. The molecule has 0 amide bonds. The molecule has 1 aromatic rings. The highest BCUT2D eigenvalue weighted by Gasteiger charge is 2.23. The number of halogens is 1. The van der Waals surface area contributed by atoms with Crippen molar-refractivity contribution < 1.29 is 9.90 Å². The topological polar surface area (TPSA) is 37.3 Å². The molecule has 2 nitrogen and oxygen atoms in total. The van der Waals surface area contributed by atoms with Gasteiger partial charge in [-0.1, -0.05) is 101 Å². The van der Waals surface area contributed by atoms with Crippen molar-refractivity contribution in [1.29, 1.82) is 0 Å². The zero-order chi connectivity index (χ0) is 19.0. The molecule has 0 aliphatic heterocycles. The lowest BCUT2D eigenvalue weighted by molar-refractivity contribution is -0.122. The third-order valence-corrected chi connectivity index (χ3v) is 5.73. The highest BCUT2D eigenvalue weighted by molar-refractivity contribution is 6.21. The Kier molecular flexibility index (Phi) is 13.6. The lowest BCUT2D eigenvalue weighted by Gasteiger charge is -2.22. The summed E-state index contributed by atoms with van der Waals surface area (Å²) in [7, 11) is 0. The molecule has 0 saturated carbocycles. The summed E-state index contributed by atoms with van der Waals surface area (Å²) in [5.74, 6) is -0.00331. The number of ketones is 1. The van der Waals surface area contributed by atoms with Crippen LogP contribution in [0, 0.1) is 5.92 Å². The van der Waals surface area contributed by atoms with Gasteiger partial charge in [0.1, 0.15) is 6.61 Å². The van der Waals surface area contributed by atoms with E-state index < -0.39 is 0 Å². The molecule has 0 bridgehead atoms. The fourth-order valence-corrected chi connectivity index (χ4v) is 3.87. The largest absolute Gasteiger partial charge is 0.389 e. The van der Waals surface area contributed by atoms with E-state index in [2.05, 4.69) is 6.92 Å². The molecule has 0 spiro atoms. The standard InChI is InChI=1S/C23H37ClO2/c1-2-3-4-5-6-7-8-9-10-12-17-21(18-22(26)19-25)23(24)20-15-13-11-14-16-20/h11,13-16,21,23,25H,2-10,12,17-19H2,1H3. The minimum absolute atomic E-state index is 0.104. The first kappa shape index (κ1) is 23.2. The second kappa shape index (κ2) is 15.2. The average molecular weight is 381 g/mol. The van der Waals surface area contributed by atoms with E-state index in [0.29, 0.717) is 6.42 Å². The van der Waals surface area contributed by atoms with Crippen LogP contribution < -0.4 is 0 Å². The van der Waals surface area contributed by atoms with Gasteiger partial charge in [0.25, 0.3) is 0 Å². The number of hydrogen-bond donors (Lipinski definition) is 1. The number of benzene rings is 1. The quantitative estimate of drug-likeness (QED) is 0.251. The van der Waals surface area contributed by atoms with Crippen LogP contribution in [-0.4, -0.2) is 17.5 Å². The summed E-state index contributed by atoms with van der Waals surface area (Å²) in [6.45, 7) is 1.87. The fraction of sp³-hybridized carbons (Fsp3) is 0.696. The number of Topliss-reactive ketones (excluding diaryl/α,β-unsaturated/α-hetero) is 1. The van der Waals surface area contributed by atoms with Crippen molar-refractivity contribution in [3.63, 3.8) is 0 Å². The Labute approximate surface area is 165 Å². The van der Waals surface area contributed by atoms with Gasteiger partial charge in [0.15, 0.2) is 5.78 Å². The smallest absolute Gasteiger partial charge is 0.158 e. The highest BCUT2D eigenvalue weighted by atomic mass is 35.5. The van der Waals surface area contributed by atoms with E-state index >= 15 is 0 Å². The number of aliphatic hydroxyl groups excluding tert-OH is 1. The molecule has 148 valence electrons. The lowest BCUT2D eigenvalue weighted by atomic mass is 9.89. The third-order valence-electron chi connectivity index (χ3n) is 5.13. The van der Waals surface area contributed by atoms with Gasteiger partial charge in [-0.05, 0) is 17.9 Å². The summed E-state index contributed by atoms with van der Waals surface area (Å²) >= 11 is 6.66. The van der Waals surface area contributed by atoms with Gasteiger partial charge < -0.3 is 5.11 Å². The molecule has 2 unspecified atom stereocenters. The van der Waals surface area contributed by atoms with Crippen LogP contribution >= 0.6 is 11.6 Å². The van der Waals surface area contributed by atoms with Crippen molar-refractivity contribution in [3.05, 3.63) is 35.9 Å². The van der Waals surface area contributed by atoms with Gasteiger partial charge in [0.05, 0.1) is 5.38 Å². The van der Waals surface area contributed by atoms with Crippen molar-refractivity contribution in [2.75, 3.05) is 6.61 Å². The number of rotatable bonds is 16. The summed E-state index contributed by atoms with van der Waals surface area (Å²) in [5.41, 5.74) is 1.07. The van der Waals surface area contributed by atoms with Gasteiger partial charge in [-0.2, -0.15) is 0 Å². The molecule has 0 radical (unpaired) electrons. The second-order valence-electron chi connectivity index (χ2n) is 7.44.